The SMILES string of the molecule is COc1ccc(C)cc1Cn1ccc(CCN)c1. The van der Waals surface area contributed by atoms with Crippen molar-refractivity contribution in [3.05, 3.63) is 53.3 Å². The zero-order chi connectivity index (χ0) is 13.0. The van der Waals surface area contributed by atoms with Gasteiger partial charge in [0.2, 0.25) is 0 Å². The average molecular weight is 244 g/mol. The lowest BCUT2D eigenvalue weighted by molar-refractivity contribution is 0.408. The van der Waals surface area contributed by atoms with Crippen molar-refractivity contribution in [2.45, 2.75) is 19.9 Å². The summed E-state index contributed by atoms with van der Waals surface area (Å²) in [6, 6.07) is 8.38. The molecule has 0 unspecified atom stereocenters. The van der Waals surface area contributed by atoms with Crippen LogP contribution in [0.15, 0.2) is 36.7 Å². The summed E-state index contributed by atoms with van der Waals surface area (Å²) in [6.07, 6.45) is 5.17. The third kappa shape index (κ3) is 2.93. The number of aryl methyl sites for hydroxylation is 1. The molecule has 2 rings (SSSR count). The van der Waals surface area contributed by atoms with E-state index in [4.69, 9.17) is 10.5 Å². The van der Waals surface area contributed by atoms with Crippen LogP contribution in [-0.2, 0) is 13.0 Å². The van der Waals surface area contributed by atoms with Gasteiger partial charge in [-0.1, -0.05) is 17.7 Å². The molecule has 2 N–H and O–H groups in total. The highest BCUT2D eigenvalue weighted by Crippen LogP contribution is 2.21. The van der Waals surface area contributed by atoms with Crippen LogP contribution < -0.4 is 10.5 Å². The molecule has 0 saturated heterocycles. The molecule has 0 bridgehead atoms. The van der Waals surface area contributed by atoms with Crippen molar-refractivity contribution in [2.24, 2.45) is 5.73 Å². The maximum atomic E-state index is 5.56. The van der Waals surface area contributed by atoms with Crippen LogP contribution in [0.25, 0.3) is 0 Å². The molecule has 0 aliphatic rings. The Balaban J connectivity index is 2.19. The molecule has 3 nitrogen and oxygen atoms in total. The van der Waals surface area contributed by atoms with Gasteiger partial charge >= 0.3 is 0 Å². The highest BCUT2D eigenvalue weighted by atomic mass is 16.5. The van der Waals surface area contributed by atoms with Crippen LogP contribution in [0.3, 0.4) is 0 Å². The van der Waals surface area contributed by atoms with E-state index < -0.39 is 0 Å². The first-order valence-electron chi connectivity index (χ1n) is 6.21. The van der Waals surface area contributed by atoms with E-state index in [0.29, 0.717) is 6.54 Å². The Morgan fingerprint density at radius 3 is 2.83 bits per heavy atom. The fourth-order valence-corrected chi connectivity index (χ4v) is 2.13. The minimum absolute atomic E-state index is 0.692. The molecule has 96 valence electrons. The summed E-state index contributed by atoms with van der Waals surface area (Å²) in [5, 5.41) is 0. The van der Waals surface area contributed by atoms with E-state index in [0.717, 1.165) is 18.7 Å². The van der Waals surface area contributed by atoms with Crippen LogP contribution in [0.1, 0.15) is 16.7 Å². The lowest BCUT2D eigenvalue weighted by atomic mass is 10.1. The minimum Gasteiger partial charge on any atom is -0.496 e. The molecule has 0 amide bonds. The van der Waals surface area contributed by atoms with Crippen LogP contribution in [0, 0.1) is 6.92 Å². The van der Waals surface area contributed by atoms with Crippen molar-refractivity contribution in [3.8, 4) is 5.75 Å². The highest BCUT2D eigenvalue weighted by Gasteiger charge is 2.04. The van der Waals surface area contributed by atoms with E-state index in [1.165, 1.54) is 16.7 Å². The molecule has 0 radical (unpaired) electrons. The van der Waals surface area contributed by atoms with Crippen LogP contribution in [-0.4, -0.2) is 18.2 Å². The Morgan fingerprint density at radius 2 is 2.11 bits per heavy atom. The van der Waals surface area contributed by atoms with Gasteiger partial charge in [-0.15, -0.1) is 0 Å². The van der Waals surface area contributed by atoms with Gasteiger partial charge in [0, 0.05) is 18.0 Å². The molecule has 1 aromatic carbocycles. The number of aromatic nitrogens is 1. The molecule has 0 aliphatic carbocycles. The zero-order valence-electron chi connectivity index (χ0n) is 11.0. The highest BCUT2D eigenvalue weighted by molar-refractivity contribution is 5.37. The first-order valence-corrected chi connectivity index (χ1v) is 6.21. The van der Waals surface area contributed by atoms with Gasteiger partial charge in [-0.3, -0.25) is 0 Å². The largest absolute Gasteiger partial charge is 0.496 e. The van der Waals surface area contributed by atoms with Crippen molar-refractivity contribution in [1.82, 2.24) is 4.57 Å². The number of hydrogen-bond acceptors (Lipinski definition) is 2. The standard InChI is InChI=1S/C15H20N2O/c1-12-3-4-15(18-2)14(9-12)11-17-8-6-13(10-17)5-7-16/h3-4,6,8-10H,5,7,11,16H2,1-2H3. The first kappa shape index (κ1) is 12.7. The molecule has 18 heavy (non-hydrogen) atoms. The quantitative estimate of drug-likeness (QED) is 0.877. The number of ether oxygens (including phenoxy) is 1. The third-order valence-electron chi connectivity index (χ3n) is 3.03. The summed E-state index contributed by atoms with van der Waals surface area (Å²) in [6.45, 7) is 3.62. The second-order valence-electron chi connectivity index (χ2n) is 4.55. The Kier molecular flexibility index (Phi) is 4.05. The average Bonchev–Trinajstić information content (AvgIpc) is 2.77. The van der Waals surface area contributed by atoms with E-state index in [9.17, 15) is 0 Å². The summed E-state index contributed by atoms with van der Waals surface area (Å²) in [5.74, 6) is 0.940. The van der Waals surface area contributed by atoms with Crippen molar-refractivity contribution < 1.29 is 4.74 Å². The number of hydrogen-bond donors (Lipinski definition) is 1. The summed E-state index contributed by atoms with van der Waals surface area (Å²) in [7, 11) is 1.71. The van der Waals surface area contributed by atoms with Crippen molar-refractivity contribution in [1.29, 1.82) is 0 Å². The van der Waals surface area contributed by atoms with E-state index in [2.05, 4.69) is 42.1 Å². The van der Waals surface area contributed by atoms with Crippen LogP contribution in [0.2, 0.25) is 0 Å². The molecule has 2 aromatic rings. The Hall–Kier alpha value is -1.74. The van der Waals surface area contributed by atoms with E-state index >= 15 is 0 Å². The van der Waals surface area contributed by atoms with Gasteiger partial charge in [0.15, 0.2) is 0 Å². The fourth-order valence-electron chi connectivity index (χ4n) is 2.13. The number of benzene rings is 1. The molecular weight excluding hydrogens is 224 g/mol. The lowest BCUT2D eigenvalue weighted by Crippen LogP contribution is -2.02. The smallest absolute Gasteiger partial charge is 0.123 e. The van der Waals surface area contributed by atoms with Crippen LogP contribution in [0.4, 0.5) is 0 Å². The van der Waals surface area contributed by atoms with Gasteiger partial charge in [-0.05, 0) is 37.6 Å². The second-order valence-corrected chi connectivity index (χ2v) is 4.55. The number of methoxy groups -OCH3 is 1. The Morgan fingerprint density at radius 1 is 1.28 bits per heavy atom. The van der Waals surface area contributed by atoms with Gasteiger partial charge in [0.1, 0.15) is 5.75 Å². The molecule has 1 aromatic heterocycles. The number of nitrogens with two attached hydrogens (primary N) is 1. The minimum atomic E-state index is 0.692. The summed E-state index contributed by atoms with van der Waals surface area (Å²) in [5.41, 5.74) is 9.29. The fraction of sp³-hybridized carbons (Fsp3) is 0.333. The van der Waals surface area contributed by atoms with Gasteiger partial charge in [0.05, 0.1) is 13.7 Å². The number of nitrogens with zero attached hydrogens (tertiary/aromatic N) is 1. The summed E-state index contributed by atoms with van der Waals surface area (Å²) in [4.78, 5) is 0. The van der Waals surface area contributed by atoms with E-state index in [1.807, 2.05) is 6.07 Å². The van der Waals surface area contributed by atoms with Gasteiger partial charge in [-0.25, -0.2) is 0 Å². The Bertz CT molecular complexity index is 517. The molecular formula is C15H20N2O. The van der Waals surface area contributed by atoms with E-state index in [-0.39, 0.29) is 0 Å². The van der Waals surface area contributed by atoms with Crippen molar-refractivity contribution in [2.75, 3.05) is 13.7 Å². The maximum Gasteiger partial charge on any atom is 0.123 e. The summed E-state index contributed by atoms with van der Waals surface area (Å²) < 4.78 is 7.56. The second kappa shape index (κ2) is 5.74. The lowest BCUT2D eigenvalue weighted by Gasteiger charge is -2.10. The molecule has 0 aliphatic heterocycles. The predicted molar refractivity (Wildman–Crippen MR) is 74.0 cm³/mol. The molecule has 0 spiro atoms. The molecule has 1 heterocycles. The van der Waals surface area contributed by atoms with Gasteiger partial charge in [0.25, 0.3) is 0 Å². The first-order chi connectivity index (χ1) is 8.72. The Labute approximate surface area is 108 Å². The topological polar surface area (TPSA) is 40.2 Å². The summed E-state index contributed by atoms with van der Waals surface area (Å²) >= 11 is 0. The zero-order valence-corrected chi connectivity index (χ0v) is 11.0. The number of rotatable bonds is 5. The molecule has 0 fully saturated rings. The van der Waals surface area contributed by atoms with Crippen molar-refractivity contribution >= 4 is 0 Å². The maximum absolute atomic E-state index is 5.56. The third-order valence-corrected chi connectivity index (χ3v) is 3.03. The van der Waals surface area contributed by atoms with Crippen LogP contribution >= 0.6 is 0 Å². The van der Waals surface area contributed by atoms with Crippen molar-refractivity contribution in [3.63, 3.8) is 0 Å². The van der Waals surface area contributed by atoms with Gasteiger partial charge in [-0.2, -0.15) is 0 Å². The monoisotopic (exact) mass is 244 g/mol. The predicted octanol–water partition coefficient (Wildman–Crippen LogP) is 2.35. The molecule has 3 heteroatoms. The normalized spacial score (nSPS) is 10.6. The molecule has 0 atom stereocenters. The molecule has 0 saturated carbocycles. The van der Waals surface area contributed by atoms with E-state index in [1.54, 1.807) is 7.11 Å². The van der Waals surface area contributed by atoms with Crippen LogP contribution in [0.5, 0.6) is 5.75 Å². The van der Waals surface area contributed by atoms with Gasteiger partial charge < -0.3 is 15.0 Å².